The summed E-state index contributed by atoms with van der Waals surface area (Å²) in [7, 11) is 0. The van der Waals surface area contributed by atoms with Crippen LogP contribution in [0.5, 0.6) is 0 Å². The molecule has 92 valence electrons. The number of aliphatic hydroxyl groups is 1. The maximum Gasteiger partial charge on any atom is 0.165 e. The smallest absolute Gasteiger partial charge is 0.165 e. The van der Waals surface area contributed by atoms with Crippen LogP contribution in [-0.2, 0) is 0 Å². The second kappa shape index (κ2) is 4.96. The maximum atomic E-state index is 12.7. The van der Waals surface area contributed by atoms with Gasteiger partial charge in [0.05, 0.1) is 5.60 Å². The third-order valence-electron chi connectivity index (χ3n) is 3.44. The second-order valence-corrected chi connectivity index (χ2v) is 4.89. The summed E-state index contributed by atoms with van der Waals surface area (Å²) in [6.07, 6.45) is 4.63. The van der Waals surface area contributed by atoms with Gasteiger partial charge in [0, 0.05) is 12.0 Å². The fraction of sp³-hybridized carbons (Fsp3) is 0.500. The normalized spacial score (nSPS) is 18.9. The van der Waals surface area contributed by atoms with Crippen LogP contribution >= 0.6 is 0 Å². The minimum atomic E-state index is -0.844. The molecule has 2 rings (SSSR count). The molecule has 0 amide bonds. The van der Waals surface area contributed by atoms with Gasteiger partial charge >= 0.3 is 0 Å². The lowest BCUT2D eigenvalue weighted by molar-refractivity contribution is 0.000335. The second-order valence-electron chi connectivity index (χ2n) is 4.89. The van der Waals surface area contributed by atoms with Crippen LogP contribution in [0.4, 0.5) is 4.39 Å². The molecule has 1 aromatic rings. The van der Waals surface area contributed by atoms with Gasteiger partial charge < -0.3 is 5.11 Å². The maximum absolute atomic E-state index is 12.7. The van der Waals surface area contributed by atoms with Gasteiger partial charge in [0.15, 0.2) is 5.78 Å². The molecule has 3 heteroatoms. The van der Waals surface area contributed by atoms with Crippen molar-refractivity contribution in [3.63, 3.8) is 0 Å². The van der Waals surface area contributed by atoms with Crippen LogP contribution in [0.15, 0.2) is 24.3 Å². The Morgan fingerprint density at radius 2 is 1.76 bits per heavy atom. The molecule has 1 fully saturated rings. The molecule has 0 spiro atoms. The minimum Gasteiger partial charge on any atom is -0.389 e. The van der Waals surface area contributed by atoms with E-state index in [0.29, 0.717) is 18.4 Å². The summed E-state index contributed by atoms with van der Waals surface area (Å²) < 4.78 is 12.7. The summed E-state index contributed by atoms with van der Waals surface area (Å²) in [6.45, 7) is 0. The van der Waals surface area contributed by atoms with E-state index in [0.717, 1.165) is 19.3 Å². The van der Waals surface area contributed by atoms with E-state index in [1.165, 1.54) is 24.3 Å². The Hall–Kier alpha value is -1.22. The Kier molecular flexibility index (Phi) is 3.57. The lowest BCUT2D eigenvalue weighted by Gasteiger charge is -2.31. The molecule has 1 aliphatic rings. The quantitative estimate of drug-likeness (QED) is 0.819. The third kappa shape index (κ3) is 3.13. The lowest BCUT2D eigenvalue weighted by Crippen LogP contribution is -2.34. The average molecular weight is 236 g/mol. The van der Waals surface area contributed by atoms with Crippen molar-refractivity contribution < 1.29 is 14.3 Å². The first kappa shape index (κ1) is 12.2. The minimum absolute atomic E-state index is 0.102. The molecule has 1 saturated carbocycles. The molecule has 0 heterocycles. The molecule has 0 atom stereocenters. The molecule has 0 aliphatic heterocycles. The van der Waals surface area contributed by atoms with Crippen LogP contribution < -0.4 is 0 Å². The number of rotatable bonds is 3. The topological polar surface area (TPSA) is 37.3 Å². The summed E-state index contributed by atoms with van der Waals surface area (Å²) in [5, 5.41) is 10.3. The number of Topliss-reactive ketones (excluding diaryl/α,β-unsaturated/α-hetero) is 1. The first-order chi connectivity index (χ1) is 8.09. The van der Waals surface area contributed by atoms with Crippen LogP contribution in [0.3, 0.4) is 0 Å². The number of hydrogen-bond acceptors (Lipinski definition) is 2. The standard InChI is InChI=1S/C14H17FO2/c15-12-6-4-11(5-7-12)13(16)10-14(17)8-2-1-3-9-14/h4-7,17H,1-3,8-10H2. The van der Waals surface area contributed by atoms with Crippen molar-refractivity contribution in [2.24, 2.45) is 0 Å². The molecular formula is C14H17FO2. The van der Waals surface area contributed by atoms with Crippen molar-refractivity contribution in [1.82, 2.24) is 0 Å². The highest BCUT2D eigenvalue weighted by atomic mass is 19.1. The molecule has 1 aliphatic carbocycles. The zero-order valence-corrected chi connectivity index (χ0v) is 9.79. The Bertz CT molecular complexity index is 391. The van der Waals surface area contributed by atoms with Crippen LogP contribution in [0.1, 0.15) is 48.9 Å². The number of benzene rings is 1. The molecule has 17 heavy (non-hydrogen) atoms. The number of ketones is 1. The number of carbonyl (C=O) groups excluding carboxylic acids is 1. The summed E-state index contributed by atoms with van der Waals surface area (Å²) in [5.74, 6) is -0.452. The molecule has 1 N–H and O–H groups in total. The number of carbonyl (C=O) groups is 1. The van der Waals surface area contributed by atoms with E-state index in [2.05, 4.69) is 0 Å². The molecule has 0 unspecified atom stereocenters. The van der Waals surface area contributed by atoms with Gasteiger partial charge in [0.2, 0.25) is 0 Å². The van der Waals surface area contributed by atoms with Gasteiger partial charge in [-0.05, 0) is 37.1 Å². The predicted molar refractivity (Wildman–Crippen MR) is 63.4 cm³/mol. The molecule has 2 nitrogen and oxygen atoms in total. The molecule has 1 aromatic carbocycles. The summed E-state index contributed by atoms with van der Waals surface area (Å²) in [5.41, 5.74) is -0.366. The third-order valence-corrected chi connectivity index (χ3v) is 3.44. The zero-order chi connectivity index (χ0) is 12.3. The first-order valence-electron chi connectivity index (χ1n) is 6.10. The van der Waals surface area contributed by atoms with Gasteiger partial charge in [-0.25, -0.2) is 4.39 Å². The number of hydrogen-bond donors (Lipinski definition) is 1. The number of halogens is 1. The Morgan fingerprint density at radius 3 is 2.35 bits per heavy atom. The largest absolute Gasteiger partial charge is 0.389 e. The molecule has 0 saturated heterocycles. The van der Waals surface area contributed by atoms with Crippen LogP contribution in [0, 0.1) is 5.82 Å². The van der Waals surface area contributed by atoms with E-state index in [4.69, 9.17) is 0 Å². The monoisotopic (exact) mass is 236 g/mol. The van der Waals surface area contributed by atoms with E-state index >= 15 is 0 Å². The van der Waals surface area contributed by atoms with Crippen molar-refractivity contribution in [1.29, 1.82) is 0 Å². The predicted octanol–water partition coefficient (Wildman–Crippen LogP) is 3.09. The Labute approximate surface area is 100 Å². The highest BCUT2D eigenvalue weighted by Crippen LogP contribution is 2.31. The molecular weight excluding hydrogens is 219 g/mol. The summed E-state index contributed by atoms with van der Waals surface area (Å²) >= 11 is 0. The van der Waals surface area contributed by atoms with Crippen LogP contribution in [-0.4, -0.2) is 16.5 Å². The van der Waals surface area contributed by atoms with Gasteiger partial charge in [-0.1, -0.05) is 19.3 Å². The van der Waals surface area contributed by atoms with Crippen LogP contribution in [0.2, 0.25) is 0 Å². The van der Waals surface area contributed by atoms with Gasteiger partial charge in [-0.2, -0.15) is 0 Å². The van der Waals surface area contributed by atoms with Crippen molar-refractivity contribution in [2.75, 3.05) is 0 Å². The summed E-state index contributed by atoms with van der Waals surface area (Å²) in [4.78, 5) is 11.9. The van der Waals surface area contributed by atoms with Crippen LogP contribution in [0.25, 0.3) is 0 Å². The van der Waals surface area contributed by atoms with E-state index in [9.17, 15) is 14.3 Å². The van der Waals surface area contributed by atoms with Gasteiger partial charge in [0.25, 0.3) is 0 Å². The van der Waals surface area contributed by atoms with Crippen molar-refractivity contribution in [2.45, 2.75) is 44.1 Å². The lowest BCUT2D eigenvalue weighted by atomic mass is 9.80. The van der Waals surface area contributed by atoms with E-state index in [1.807, 2.05) is 0 Å². The fourth-order valence-electron chi connectivity index (χ4n) is 2.42. The molecule has 0 radical (unpaired) electrons. The fourth-order valence-corrected chi connectivity index (χ4v) is 2.42. The van der Waals surface area contributed by atoms with E-state index in [-0.39, 0.29) is 18.0 Å². The van der Waals surface area contributed by atoms with Gasteiger partial charge in [-0.3, -0.25) is 4.79 Å². The highest BCUT2D eigenvalue weighted by Gasteiger charge is 2.31. The SMILES string of the molecule is O=C(CC1(O)CCCCC1)c1ccc(F)cc1. The highest BCUT2D eigenvalue weighted by molar-refractivity contribution is 5.96. The van der Waals surface area contributed by atoms with Gasteiger partial charge in [0.1, 0.15) is 5.82 Å². The Morgan fingerprint density at radius 1 is 1.18 bits per heavy atom. The average Bonchev–Trinajstić information content (AvgIpc) is 2.30. The summed E-state index contributed by atoms with van der Waals surface area (Å²) in [6, 6.07) is 5.50. The Balaban J connectivity index is 2.03. The van der Waals surface area contributed by atoms with Crippen molar-refractivity contribution >= 4 is 5.78 Å². The first-order valence-corrected chi connectivity index (χ1v) is 6.10. The van der Waals surface area contributed by atoms with Gasteiger partial charge in [-0.15, -0.1) is 0 Å². The van der Waals surface area contributed by atoms with E-state index in [1.54, 1.807) is 0 Å². The zero-order valence-electron chi connectivity index (χ0n) is 9.79. The molecule has 0 bridgehead atoms. The molecule has 0 aromatic heterocycles. The van der Waals surface area contributed by atoms with E-state index < -0.39 is 5.60 Å². The van der Waals surface area contributed by atoms with Crippen molar-refractivity contribution in [3.05, 3.63) is 35.6 Å². The van der Waals surface area contributed by atoms with Crippen molar-refractivity contribution in [3.8, 4) is 0 Å².